The van der Waals surface area contributed by atoms with Crippen molar-refractivity contribution < 1.29 is 19.8 Å². The molecule has 5 nitrogen and oxygen atoms in total. The lowest BCUT2D eigenvalue weighted by atomic mass is 10.0. The first kappa shape index (κ1) is 12.9. The van der Waals surface area contributed by atoms with Crippen LogP contribution in [0.1, 0.15) is 27.2 Å². The molecule has 0 unspecified atom stereocenters. The van der Waals surface area contributed by atoms with Crippen molar-refractivity contribution in [2.45, 2.75) is 39.3 Å². The van der Waals surface area contributed by atoms with Crippen molar-refractivity contribution in [2.24, 2.45) is 5.92 Å². The summed E-state index contributed by atoms with van der Waals surface area (Å²) in [5.74, 6) is -1.56. The van der Waals surface area contributed by atoms with Crippen molar-refractivity contribution in [1.82, 2.24) is 5.32 Å². The molecule has 0 aromatic carbocycles. The van der Waals surface area contributed by atoms with Crippen LogP contribution >= 0.6 is 0 Å². The van der Waals surface area contributed by atoms with E-state index < -0.39 is 24.0 Å². The van der Waals surface area contributed by atoms with Crippen LogP contribution in [0.4, 0.5) is 0 Å². The van der Waals surface area contributed by atoms with E-state index in [-0.39, 0.29) is 5.92 Å². The molecule has 5 heteroatoms. The highest BCUT2D eigenvalue weighted by atomic mass is 16.4. The molecule has 0 bridgehead atoms. The van der Waals surface area contributed by atoms with Gasteiger partial charge in [0.05, 0.1) is 0 Å². The number of carbonyl (C=O) groups excluding carboxylic acids is 1. The molecule has 0 saturated carbocycles. The minimum atomic E-state index is -1.18. The van der Waals surface area contributed by atoms with Gasteiger partial charge in [0.1, 0.15) is 12.1 Å². The fraction of sp³-hybridized carbons (Fsp3) is 0.778. The molecule has 0 rings (SSSR count). The monoisotopic (exact) mass is 203 g/mol. The zero-order chi connectivity index (χ0) is 11.3. The summed E-state index contributed by atoms with van der Waals surface area (Å²) in [7, 11) is 0. The Labute approximate surface area is 83.1 Å². The number of aliphatic carboxylic acids is 1. The summed E-state index contributed by atoms with van der Waals surface area (Å²) in [5, 5.41) is 19.9. The molecular formula is C9H17NO4. The van der Waals surface area contributed by atoms with Crippen LogP contribution in [-0.4, -0.2) is 34.2 Å². The number of amides is 1. The number of rotatable bonds is 5. The largest absolute Gasteiger partial charge is 0.480 e. The van der Waals surface area contributed by atoms with Gasteiger partial charge in [0.15, 0.2) is 0 Å². The third-order valence-corrected chi connectivity index (χ3v) is 1.70. The van der Waals surface area contributed by atoms with E-state index in [1.54, 1.807) is 0 Å². The quantitative estimate of drug-likeness (QED) is 0.586. The Balaban J connectivity index is 4.23. The molecule has 0 aromatic rings. The normalized spacial score (nSPS) is 14.9. The van der Waals surface area contributed by atoms with E-state index in [0.29, 0.717) is 6.42 Å². The SMILES string of the molecule is CC(C)C[C@H](NC(=O)[C@H](C)O)C(=O)O. The summed E-state index contributed by atoms with van der Waals surface area (Å²) in [5.41, 5.74) is 0. The van der Waals surface area contributed by atoms with Crippen LogP contribution in [0, 0.1) is 5.92 Å². The number of hydrogen-bond donors (Lipinski definition) is 3. The first-order valence-electron chi connectivity index (χ1n) is 4.55. The van der Waals surface area contributed by atoms with E-state index in [1.165, 1.54) is 6.92 Å². The Kier molecular flexibility index (Phi) is 5.15. The van der Waals surface area contributed by atoms with Gasteiger partial charge >= 0.3 is 5.97 Å². The van der Waals surface area contributed by atoms with E-state index >= 15 is 0 Å². The van der Waals surface area contributed by atoms with Crippen LogP contribution in [0.5, 0.6) is 0 Å². The average molecular weight is 203 g/mol. The van der Waals surface area contributed by atoms with Gasteiger partial charge in [-0.25, -0.2) is 4.79 Å². The zero-order valence-electron chi connectivity index (χ0n) is 8.65. The summed E-state index contributed by atoms with van der Waals surface area (Å²) in [6.45, 7) is 5.03. The number of aliphatic hydroxyl groups is 1. The maximum absolute atomic E-state index is 11.0. The van der Waals surface area contributed by atoms with Crippen LogP contribution in [0.2, 0.25) is 0 Å². The van der Waals surface area contributed by atoms with Gasteiger partial charge in [-0.3, -0.25) is 4.79 Å². The van der Waals surface area contributed by atoms with Crippen molar-refractivity contribution in [3.63, 3.8) is 0 Å². The van der Waals surface area contributed by atoms with Gasteiger partial charge in [-0.2, -0.15) is 0 Å². The Morgan fingerprint density at radius 1 is 1.29 bits per heavy atom. The molecule has 0 saturated heterocycles. The Morgan fingerprint density at radius 2 is 1.79 bits per heavy atom. The van der Waals surface area contributed by atoms with Gasteiger partial charge in [-0.1, -0.05) is 13.8 Å². The predicted molar refractivity (Wildman–Crippen MR) is 50.7 cm³/mol. The van der Waals surface area contributed by atoms with Crippen LogP contribution in [-0.2, 0) is 9.59 Å². The molecule has 1 amide bonds. The highest BCUT2D eigenvalue weighted by Gasteiger charge is 2.22. The van der Waals surface area contributed by atoms with Crippen molar-refractivity contribution >= 4 is 11.9 Å². The van der Waals surface area contributed by atoms with Crippen LogP contribution in [0.15, 0.2) is 0 Å². The number of nitrogens with one attached hydrogen (secondary N) is 1. The summed E-state index contributed by atoms with van der Waals surface area (Å²) in [6.07, 6.45) is -0.822. The van der Waals surface area contributed by atoms with Crippen LogP contribution in [0.25, 0.3) is 0 Å². The van der Waals surface area contributed by atoms with Gasteiger partial charge in [0.2, 0.25) is 5.91 Å². The molecule has 0 spiro atoms. The maximum atomic E-state index is 11.0. The van der Waals surface area contributed by atoms with Gasteiger partial charge in [0, 0.05) is 0 Å². The van der Waals surface area contributed by atoms with Gasteiger partial charge in [0.25, 0.3) is 0 Å². The number of carboxylic acid groups (broad SMARTS) is 1. The number of carboxylic acids is 1. The van der Waals surface area contributed by atoms with Crippen molar-refractivity contribution in [3.8, 4) is 0 Å². The van der Waals surface area contributed by atoms with E-state index in [2.05, 4.69) is 5.32 Å². The van der Waals surface area contributed by atoms with Crippen LogP contribution < -0.4 is 5.32 Å². The molecule has 0 fully saturated rings. The van der Waals surface area contributed by atoms with E-state index in [9.17, 15) is 9.59 Å². The second-order valence-electron chi connectivity index (χ2n) is 3.70. The standard InChI is InChI=1S/C9H17NO4/c1-5(2)4-7(9(13)14)10-8(12)6(3)11/h5-7,11H,4H2,1-3H3,(H,10,12)(H,13,14)/t6-,7-/m0/s1. The van der Waals surface area contributed by atoms with Gasteiger partial charge < -0.3 is 15.5 Å². The topological polar surface area (TPSA) is 86.6 Å². The Morgan fingerprint density at radius 3 is 2.07 bits per heavy atom. The second kappa shape index (κ2) is 5.59. The first-order chi connectivity index (χ1) is 6.34. The number of aliphatic hydroxyl groups excluding tert-OH is 1. The summed E-state index contributed by atoms with van der Waals surface area (Å²) in [4.78, 5) is 21.7. The average Bonchev–Trinajstić information content (AvgIpc) is 2.01. The summed E-state index contributed by atoms with van der Waals surface area (Å²) >= 11 is 0. The molecular weight excluding hydrogens is 186 g/mol. The molecule has 0 heterocycles. The first-order valence-corrected chi connectivity index (χ1v) is 4.55. The van der Waals surface area contributed by atoms with E-state index in [1.807, 2.05) is 13.8 Å². The van der Waals surface area contributed by atoms with Gasteiger partial charge in [-0.05, 0) is 19.3 Å². The fourth-order valence-corrected chi connectivity index (χ4v) is 0.985. The minimum Gasteiger partial charge on any atom is -0.480 e. The highest BCUT2D eigenvalue weighted by Crippen LogP contribution is 2.05. The lowest BCUT2D eigenvalue weighted by Gasteiger charge is -2.17. The minimum absolute atomic E-state index is 0.172. The lowest BCUT2D eigenvalue weighted by Crippen LogP contribution is -2.45. The number of carbonyl (C=O) groups is 2. The van der Waals surface area contributed by atoms with E-state index in [4.69, 9.17) is 10.2 Å². The zero-order valence-corrected chi connectivity index (χ0v) is 8.65. The molecule has 0 radical (unpaired) electrons. The molecule has 2 atom stereocenters. The molecule has 14 heavy (non-hydrogen) atoms. The van der Waals surface area contributed by atoms with Crippen LogP contribution in [0.3, 0.4) is 0 Å². The smallest absolute Gasteiger partial charge is 0.326 e. The third-order valence-electron chi connectivity index (χ3n) is 1.70. The number of hydrogen-bond acceptors (Lipinski definition) is 3. The lowest BCUT2D eigenvalue weighted by molar-refractivity contribution is -0.143. The summed E-state index contributed by atoms with van der Waals surface area (Å²) < 4.78 is 0. The molecule has 82 valence electrons. The highest BCUT2D eigenvalue weighted by molar-refractivity contribution is 5.85. The predicted octanol–water partition coefficient (Wildman–Crippen LogP) is -0.0173. The molecule has 0 aliphatic heterocycles. The second-order valence-corrected chi connectivity index (χ2v) is 3.70. The Bertz CT molecular complexity index is 213. The van der Waals surface area contributed by atoms with E-state index in [0.717, 1.165) is 0 Å². The van der Waals surface area contributed by atoms with Crippen molar-refractivity contribution in [1.29, 1.82) is 0 Å². The maximum Gasteiger partial charge on any atom is 0.326 e. The molecule has 0 aromatic heterocycles. The molecule has 3 N–H and O–H groups in total. The van der Waals surface area contributed by atoms with Crippen molar-refractivity contribution in [3.05, 3.63) is 0 Å². The molecule has 0 aliphatic rings. The molecule has 0 aliphatic carbocycles. The fourth-order valence-electron chi connectivity index (χ4n) is 0.985. The van der Waals surface area contributed by atoms with Crippen molar-refractivity contribution in [2.75, 3.05) is 0 Å². The summed E-state index contributed by atoms with van der Waals surface area (Å²) in [6, 6.07) is -0.919. The Hall–Kier alpha value is -1.10. The van der Waals surface area contributed by atoms with Gasteiger partial charge in [-0.15, -0.1) is 0 Å². The third kappa shape index (κ3) is 4.81.